The zero-order valence-corrected chi connectivity index (χ0v) is 8.74. The summed E-state index contributed by atoms with van der Waals surface area (Å²) in [6.07, 6.45) is 2.46. The molecule has 1 atom stereocenters. The molecule has 0 aromatic carbocycles. The minimum Gasteiger partial charge on any atom is -0.262 e. The van der Waals surface area contributed by atoms with E-state index in [9.17, 15) is 0 Å². The lowest BCUT2D eigenvalue weighted by Crippen LogP contribution is -1.90. The van der Waals surface area contributed by atoms with Gasteiger partial charge in [-0.05, 0) is 6.42 Å². The SMILES string of the molecule is CCC(S)c1ncn[nH]1.O=[P+](O)O. The summed E-state index contributed by atoms with van der Waals surface area (Å²) in [5, 5.41) is 6.66. The summed E-state index contributed by atoms with van der Waals surface area (Å²) in [7, 11) is -2.87. The third kappa shape index (κ3) is 6.65. The summed E-state index contributed by atoms with van der Waals surface area (Å²) in [6, 6.07) is 0. The lowest BCUT2D eigenvalue weighted by Gasteiger charge is -1.99. The molecule has 6 nitrogen and oxygen atoms in total. The number of thiol groups is 1. The Morgan fingerprint density at radius 3 is 2.62 bits per heavy atom. The van der Waals surface area contributed by atoms with E-state index >= 15 is 0 Å². The van der Waals surface area contributed by atoms with Crippen molar-refractivity contribution in [2.75, 3.05) is 0 Å². The fraction of sp³-hybridized carbons (Fsp3) is 0.600. The Balaban J connectivity index is 0.000000310. The van der Waals surface area contributed by atoms with E-state index in [1.807, 2.05) is 0 Å². The predicted molar refractivity (Wildman–Crippen MR) is 50.4 cm³/mol. The Morgan fingerprint density at radius 1 is 1.77 bits per heavy atom. The molecule has 1 rings (SSSR count). The number of H-pyrrole nitrogens is 1. The highest BCUT2D eigenvalue weighted by Crippen LogP contribution is 2.17. The molecule has 0 saturated heterocycles. The summed E-state index contributed by atoms with van der Waals surface area (Å²) >= 11 is 4.25. The molecular formula is C5H11N3O3PS+. The largest absolute Gasteiger partial charge is 0.692 e. The molecule has 74 valence electrons. The van der Waals surface area contributed by atoms with Crippen LogP contribution in [0.4, 0.5) is 0 Å². The zero-order chi connectivity index (χ0) is 10.3. The van der Waals surface area contributed by atoms with Gasteiger partial charge in [0.05, 0.1) is 5.25 Å². The van der Waals surface area contributed by atoms with Gasteiger partial charge >= 0.3 is 8.25 Å². The molecule has 0 amide bonds. The van der Waals surface area contributed by atoms with Crippen LogP contribution in [0.25, 0.3) is 0 Å². The maximum Gasteiger partial charge on any atom is 0.692 e. The number of nitrogens with one attached hydrogen (secondary N) is 1. The lowest BCUT2D eigenvalue weighted by atomic mass is 10.3. The van der Waals surface area contributed by atoms with Crippen LogP contribution in [-0.2, 0) is 4.57 Å². The van der Waals surface area contributed by atoms with Crippen molar-refractivity contribution >= 4 is 20.9 Å². The molecule has 0 bridgehead atoms. The van der Waals surface area contributed by atoms with Crippen molar-refractivity contribution in [2.24, 2.45) is 0 Å². The van der Waals surface area contributed by atoms with Crippen LogP contribution in [-0.4, -0.2) is 25.0 Å². The standard InChI is InChI=1S/C5H9N3S.HO3P/c1-2-4(9)5-6-3-7-8-5;1-4(2)3/h3-4,9H,2H2,1H3,(H,6,7,8);(H-,1,2,3)/p+1. The number of aromatic nitrogens is 3. The third-order valence-corrected chi connectivity index (χ3v) is 1.75. The highest BCUT2D eigenvalue weighted by molar-refractivity contribution is 7.80. The van der Waals surface area contributed by atoms with Crippen molar-refractivity contribution in [3.63, 3.8) is 0 Å². The van der Waals surface area contributed by atoms with Crippen LogP contribution in [0.15, 0.2) is 6.33 Å². The first kappa shape index (κ1) is 12.5. The minimum atomic E-state index is -2.87. The van der Waals surface area contributed by atoms with Gasteiger partial charge in [0, 0.05) is 4.57 Å². The molecule has 0 radical (unpaired) electrons. The predicted octanol–water partition coefficient (Wildman–Crippen LogP) is 0.814. The van der Waals surface area contributed by atoms with E-state index in [1.165, 1.54) is 6.33 Å². The lowest BCUT2D eigenvalue weighted by molar-refractivity contribution is 0.405. The van der Waals surface area contributed by atoms with Gasteiger partial charge in [0.15, 0.2) is 0 Å². The monoisotopic (exact) mass is 224 g/mol. The number of hydrogen-bond donors (Lipinski definition) is 4. The molecule has 3 N–H and O–H groups in total. The smallest absolute Gasteiger partial charge is 0.262 e. The zero-order valence-electron chi connectivity index (χ0n) is 6.95. The van der Waals surface area contributed by atoms with Crippen LogP contribution in [0.5, 0.6) is 0 Å². The van der Waals surface area contributed by atoms with Gasteiger partial charge in [-0.25, -0.2) is 4.98 Å². The fourth-order valence-corrected chi connectivity index (χ4v) is 0.693. The first-order chi connectivity index (χ1) is 6.07. The first-order valence-corrected chi connectivity index (χ1v) is 5.14. The summed E-state index contributed by atoms with van der Waals surface area (Å²) in [5.74, 6) is 0.848. The van der Waals surface area contributed by atoms with Crippen molar-refractivity contribution in [1.29, 1.82) is 0 Å². The number of hydrogen-bond acceptors (Lipinski definition) is 4. The molecular weight excluding hydrogens is 213 g/mol. The highest BCUT2D eigenvalue weighted by Gasteiger charge is 2.04. The fourth-order valence-electron chi connectivity index (χ4n) is 0.569. The molecule has 1 aromatic rings. The quantitative estimate of drug-likeness (QED) is 0.440. The number of rotatable bonds is 2. The van der Waals surface area contributed by atoms with Gasteiger partial charge in [-0.15, -0.1) is 9.79 Å². The van der Waals surface area contributed by atoms with E-state index in [1.54, 1.807) is 0 Å². The van der Waals surface area contributed by atoms with Crippen molar-refractivity contribution in [1.82, 2.24) is 15.2 Å². The van der Waals surface area contributed by atoms with Crippen molar-refractivity contribution in [3.05, 3.63) is 12.2 Å². The highest BCUT2D eigenvalue weighted by atomic mass is 32.1. The average Bonchev–Trinajstić information content (AvgIpc) is 2.54. The van der Waals surface area contributed by atoms with E-state index in [0.29, 0.717) is 0 Å². The molecule has 0 fully saturated rings. The van der Waals surface area contributed by atoms with Crippen LogP contribution in [0.3, 0.4) is 0 Å². The summed E-state index contributed by atoms with van der Waals surface area (Å²) in [4.78, 5) is 18.2. The Bertz CT molecular complexity index is 239. The Hall–Kier alpha value is -0.490. The van der Waals surface area contributed by atoms with E-state index in [0.717, 1.165) is 12.2 Å². The van der Waals surface area contributed by atoms with E-state index < -0.39 is 8.25 Å². The van der Waals surface area contributed by atoms with E-state index in [-0.39, 0.29) is 5.25 Å². The Kier molecular flexibility index (Phi) is 6.70. The maximum absolute atomic E-state index is 8.70. The van der Waals surface area contributed by atoms with Crippen molar-refractivity contribution < 1.29 is 14.4 Å². The van der Waals surface area contributed by atoms with Gasteiger partial charge in [-0.2, -0.15) is 17.7 Å². The molecule has 0 aliphatic carbocycles. The first-order valence-electron chi connectivity index (χ1n) is 3.46. The summed E-state index contributed by atoms with van der Waals surface area (Å²) in [5.41, 5.74) is 0. The van der Waals surface area contributed by atoms with Crippen LogP contribution in [0.1, 0.15) is 24.4 Å². The number of nitrogens with zero attached hydrogens (tertiary/aromatic N) is 2. The van der Waals surface area contributed by atoms with E-state index in [4.69, 9.17) is 14.4 Å². The van der Waals surface area contributed by atoms with Crippen LogP contribution in [0.2, 0.25) is 0 Å². The second-order valence-electron chi connectivity index (χ2n) is 2.05. The molecule has 0 saturated carbocycles. The normalized spacial score (nSPS) is 11.4. The second kappa shape index (κ2) is 6.97. The van der Waals surface area contributed by atoms with Gasteiger partial charge in [-0.1, -0.05) is 6.92 Å². The van der Waals surface area contributed by atoms with Gasteiger partial charge in [0.2, 0.25) is 0 Å². The van der Waals surface area contributed by atoms with Crippen molar-refractivity contribution in [2.45, 2.75) is 18.6 Å². The molecule has 1 heterocycles. The topological polar surface area (TPSA) is 99.1 Å². The van der Waals surface area contributed by atoms with Gasteiger partial charge in [0.1, 0.15) is 12.2 Å². The molecule has 0 aliphatic rings. The molecule has 1 unspecified atom stereocenters. The maximum atomic E-state index is 8.70. The summed E-state index contributed by atoms with van der Waals surface area (Å²) < 4.78 is 8.70. The molecule has 1 aromatic heterocycles. The van der Waals surface area contributed by atoms with Crippen LogP contribution < -0.4 is 0 Å². The van der Waals surface area contributed by atoms with E-state index in [2.05, 4.69) is 34.7 Å². The molecule has 0 spiro atoms. The Morgan fingerprint density at radius 2 is 2.31 bits per heavy atom. The van der Waals surface area contributed by atoms with Gasteiger partial charge in [0.25, 0.3) is 0 Å². The van der Waals surface area contributed by atoms with Gasteiger partial charge in [-0.3, -0.25) is 5.10 Å². The van der Waals surface area contributed by atoms with Crippen LogP contribution >= 0.6 is 20.9 Å². The molecule has 13 heavy (non-hydrogen) atoms. The number of aromatic amines is 1. The average molecular weight is 224 g/mol. The third-order valence-electron chi connectivity index (χ3n) is 1.14. The summed E-state index contributed by atoms with van der Waals surface area (Å²) in [6.45, 7) is 2.06. The van der Waals surface area contributed by atoms with Crippen LogP contribution in [0, 0.1) is 0 Å². The van der Waals surface area contributed by atoms with Crippen molar-refractivity contribution in [3.8, 4) is 0 Å². The minimum absolute atomic E-state index is 0.201. The molecule has 8 heteroatoms. The second-order valence-corrected chi connectivity index (χ2v) is 3.18. The van der Waals surface area contributed by atoms with Gasteiger partial charge < -0.3 is 0 Å². The Labute approximate surface area is 81.8 Å². The molecule has 0 aliphatic heterocycles.